The van der Waals surface area contributed by atoms with Crippen molar-refractivity contribution in [2.75, 3.05) is 5.75 Å². The van der Waals surface area contributed by atoms with Crippen molar-refractivity contribution in [1.29, 1.82) is 0 Å². The summed E-state index contributed by atoms with van der Waals surface area (Å²) >= 11 is 1.36. The van der Waals surface area contributed by atoms with Gasteiger partial charge in [0.15, 0.2) is 0 Å². The van der Waals surface area contributed by atoms with Gasteiger partial charge in [-0.05, 0) is 40.8 Å². The topological polar surface area (TPSA) is 72.7 Å². The fourth-order valence-electron chi connectivity index (χ4n) is 2.30. The van der Waals surface area contributed by atoms with E-state index in [2.05, 4.69) is 65.9 Å². The molecule has 1 unspecified atom stereocenters. The van der Waals surface area contributed by atoms with Crippen LogP contribution in [0.15, 0.2) is 29.4 Å². The second kappa shape index (κ2) is 8.82. The van der Waals surface area contributed by atoms with Crippen LogP contribution in [0, 0.1) is 5.92 Å². The Morgan fingerprint density at radius 3 is 2.58 bits per heavy atom. The van der Waals surface area contributed by atoms with E-state index >= 15 is 0 Å². The Balaban J connectivity index is 1.85. The molecule has 0 saturated carbocycles. The molecule has 130 valence electrons. The standard InChI is InChI=1S/C17H25N5OS/c1-5-14-6-8-15(9-7-14)13(4)18-16(23)11-24-17-19-20-21-22(17)10-12(2)3/h6-9,12-13H,5,10-11H2,1-4H3,(H,18,23). The highest BCUT2D eigenvalue weighted by molar-refractivity contribution is 7.99. The molecule has 24 heavy (non-hydrogen) atoms. The number of tetrazole rings is 1. The van der Waals surface area contributed by atoms with Crippen molar-refractivity contribution in [3.05, 3.63) is 35.4 Å². The molecule has 6 nitrogen and oxygen atoms in total. The Labute approximate surface area is 147 Å². The first-order valence-electron chi connectivity index (χ1n) is 8.26. The van der Waals surface area contributed by atoms with Crippen molar-refractivity contribution in [3.8, 4) is 0 Å². The van der Waals surface area contributed by atoms with Gasteiger partial charge in [0, 0.05) is 6.54 Å². The van der Waals surface area contributed by atoms with Crippen LogP contribution in [-0.4, -0.2) is 31.9 Å². The summed E-state index contributed by atoms with van der Waals surface area (Å²) in [6, 6.07) is 8.33. The number of nitrogens with zero attached hydrogens (tertiary/aromatic N) is 4. The summed E-state index contributed by atoms with van der Waals surface area (Å²) in [6.45, 7) is 9.08. The van der Waals surface area contributed by atoms with Gasteiger partial charge in [0.05, 0.1) is 11.8 Å². The van der Waals surface area contributed by atoms with E-state index in [1.54, 1.807) is 4.68 Å². The summed E-state index contributed by atoms with van der Waals surface area (Å²) in [6.07, 6.45) is 1.02. The zero-order valence-electron chi connectivity index (χ0n) is 14.7. The van der Waals surface area contributed by atoms with Crippen LogP contribution in [0.2, 0.25) is 0 Å². The summed E-state index contributed by atoms with van der Waals surface area (Å²) in [5, 5.41) is 15.3. The number of aromatic nitrogens is 4. The largest absolute Gasteiger partial charge is 0.349 e. The summed E-state index contributed by atoms with van der Waals surface area (Å²) in [4.78, 5) is 12.2. The molecule has 0 saturated heterocycles. The van der Waals surface area contributed by atoms with Crippen molar-refractivity contribution >= 4 is 17.7 Å². The number of thioether (sulfide) groups is 1. The second-order valence-corrected chi connectivity index (χ2v) is 7.15. The van der Waals surface area contributed by atoms with E-state index in [1.807, 2.05) is 6.92 Å². The van der Waals surface area contributed by atoms with Crippen LogP contribution < -0.4 is 5.32 Å². The molecule has 0 radical (unpaired) electrons. The maximum atomic E-state index is 12.2. The normalized spacial score (nSPS) is 12.4. The van der Waals surface area contributed by atoms with E-state index in [-0.39, 0.29) is 11.9 Å². The van der Waals surface area contributed by atoms with Crippen molar-refractivity contribution in [1.82, 2.24) is 25.5 Å². The summed E-state index contributed by atoms with van der Waals surface area (Å²) in [7, 11) is 0. The van der Waals surface area contributed by atoms with E-state index in [0.29, 0.717) is 16.8 Å². The third kappa shape index (κ3) is 5.33. The lowest BCUT2D eigenvalue weighted by molar-refractivity contribution is -0.119. The molecule has 1 heterocycles. The minimum absolute atomic E-state index is 0.0179. The summed E-state index contributed by atoms with van der Waals surface area (Å²) < 4.78 is 1.75. The van der Waals surface area contributed by atoms with E-state index < -0.39 is 0 Å². The Morgan fingerprint density at radius 1 is 1.25 bits per heavy atom. The maximum Gasteiger partial charge on any atom is 0.230 e. The first-order valence-corrected chi connectivity index (χ1v) is 9.25. The minimum Gasteiger partial charge on any atom is -0.349 e. The van der Waals surface area contributed by atoms with Crippen LogP contribution in [0.4, 0.5) is 0 Å². The Morgan fingerprint density at radius 2 is 1.96 bits per heavy atom. The average molecular weight is 347 g/mol. The minimum atomic E-state index is -0.0221. The van der Waals surface area contributed by atoms with Gasteiger partial charge in [0.2, 0.25) is 11.1 Å². The molecule has 1 N–H and O–H groups in total. The highest BCUT2D eigenvalue weighted by Crippen LogP contribution is 2.17. The summed E-state index contributed by atoms with van der Waals surface area (Å²) in [5.74, 6) is 0.731. The highest BCUT2D eigenvalue weighted by atomic mass is 32.2. The van der Waals surface area contributed by atoms with Gasteiger partial charge in [0.25, 0.3) is 0 Å². The fraction of sp³-hybridized carbons (Fsp3) is 0.529. The molecule has 2 rings (SSSR count). The van der Waals surface area contributed by atoms with Gasteiger partial charge in [-0.1, -0.05) is 56.8 Å². The maximum absolute atomic E-state index is 12.2. The smallest absolute Gasteiger partial charge is 0.230 e. The molecule has 0 bridgehead atoms. The predicted molar refractivity (Wildman–Crippen MR) is 95.8 cm³/mol. The van der Waals surface area contributed by atoms with Crippen LogP contribution in [0.25, 0.3) is 0 Å². The molecule has 0 fully saturated rings. The van der Waals surface area contributed by atoms with Crippen molar-refractivity contribution in [3.63, 3.8) is 0 Å². The number of carbonyl (C=O) groups is 1. The molecule has 7 heteroatoms. The molecule has 0 spiro atoms. The van der Waals surface area contributed by atoms with E-state index in [4.69, 9.17) is 0 Å². The molecule has 1 aromatic carbocycles. The number of hydrogen-bond donors (Lipinski definition) is 1. The number of rotatable bonds is 8. The van der Waals surface area contributed by atoms with Crippen molar-refractivity contribution < 1.29 is 4.79 Å². The van der Waals surface area contributed by atoms with Crippen LogP contribution in [0.3, 0.4) is 0 Å². The SMILES string of the molecule is CCc1ccc(C(C)NC(=O)CSc2nnnn2CC(C)C)cc1. The molecule has 0 aliphatic carbocycles. The third-order valence-electron chi connectivity index (χ3n) is 3.63. The number of amides is 1. The van der Waals surface area contributed by atoms with E-state index in [0.717, 1.165) is 18.5 Å². The quantitative estimate of drug-likeness (QED) is 0.743. The lowest BCUT2D eigenvalue weighted by atomic mass is 10.1. The lowest BCUT2D eigenvalue weighted by Crippen LogP contribution is -2.28. The van der Waals surface area contributed by atoms with Crippen molar-refractivity contribution in [2.45, 2.75) is 51.9 Å². The first kappa shape index (κ1) is 18.4. The number of hydrogen-bond acceptors (Lipinski definition) is 5. The van der Waals surface area contributed by atoms with Crippen molar-refractivity contribution in [2.24, 2.45) is 5.92 Å². The molecular weight excluding hydrogens is 322 g/mol. The fourth-order valence-corrected chi connectivity index (χ4v) is 3.00. The Bertz CT molecular complexity index is 653. The number of benzene rings is 1. The second-order valence-electron chi connectivity index (χ2n) is 6.21. The van der Waals surface area contributed by atoms with Gasteiger partial charge in [-0.25, -0.2) is 4.68 Å². The van der Waals surface area contributed by atoms with Gasteiger partial charge in [-0.15, -0.1) is 5.10 Å². The molecule has 1 amide bonds. The van der Waals surface area contributed by atoms with Crippen LogP contribution in [0.5, 0.6) is 0 Å². The molecule has 0 aliphatic rings. The molecule has 1 atom stereocenters. The Kier molecular flexibility index (Phi) is 6.78. The van der Waals surface area contributed by atoms with Gasteiger partial charge >= 0.3 is 0 Å². The van der Waals surface area contributed by atoms with E-state index in [1.165, 1.54) is 17.3 Å². The molecule has 2 aromatic rings. The summed E-state index contributed by atoms with van der Waals surface area (Å²) in [5.41, 5.74) is 2.40. The number of carbonyl (C=O) groups excluding carboxylic acids is 1. The van der Waals surface area contributed by atoms with Crippen LogP contribution in [-0.2, 0) is 17.8 Å². The third-order valence-corrected chi connectivity index (χ3v) is 4.59. The van der Waals surface area contributed by atoms with Gasteiger partial charge in [-0.2, -0.15) is 0 Å². The first-order chi connectivity index (χ1) is 11.5. The van der Waals surface area contributed by atoms with Crippen LogP contribution >= 0.6 is 11.8 Å². The highest BCUT2D eigenvalue weighted by Gasteiger charge is 2.13. The number of aryl methyl sites for hydroxylation is 1. The molecule has 1 aromatic heterocycles. The number of nitrogens with one attached hydrogen (secondary N) is 1. The van der Waals surface area contributed by atoms with Gasteiger partial charge in [-0.3, -0.25) is 4.79 Å². The molecular formula is C17H25N5OS. The Hall–Kier alpha value is -1.89. The monoisotopic (exact) mass is 347 g/mol. The van der Waals surface area contributed by atoms with E-state index in [9.17, 15) is 4.79 Å². The average Bonchev–Trinajstić information content (AvgIpc) is 2.99. The lowest BCUT2D eigenvalue weighted by Gasteiger charge is -2.14. The molecule has 0 aliphatic heterocycles. The zero-order chi connectivity index (χ0) is 17.5. The predicted octanol–water partition coefficient (Wildman–Crippen LogP) is 2.86. The zero-order valence-corrected chi connectivity index (χ0v) is 15.5. The van der Waals surface area contributed by atoms with Gasteiger partial charge in [0.1, 0.15) is 0 Å². The van der Waals surface area contributed by atoms with Gasteiger partial charge < -0.3 is 5.32 Å². The van der Waals surface area contributed by atoms with Crippen LogP contribution in [0.1, 0.15) is 44.9 Å².